The Balaban J connectivity index is 2.77. The van der Waals surface area contributed by atoms with Gasteiger partial charge in [0.2, 0.25) is 5.91 Å². The number of halogens is 2. The second kappa shape index (κ2) is 9.36. The van der Waals surface area contributed by atoms with Crippen molar-refractivity contribution in [1.82, 2.24) is 10.6 Å². The first-order valence-corrected chi connectivity index (χ1v) is 8.45. The van der Waals surface area contributed by atoms with Crippen molar-refractivity contribution in [2.24, 2.45) is 5.92 Å². The number of urea groups is 1. The molecule has 7 nitrogen and oxygen atoms in total. The largest absolute Gasteiger partial charge is 0.480 e. The number of anilines is 1. The molecule has 0 saturated heterocycles. The molecule has 2 unspecified atom stereocenters. The minimum atomic E-state index is -1.18. The molecule has 0 spiro atoms. The molecule has 0 bridgehead atoms. The van der Waals surface area contributed by atoms with Gasteiger partial charge in [-0.3, -0.25) is 9.59 Å². The molecule has 3 amide bonds. The van der Waals surface area contributed by atoms with Crippen LogP contribution in [0.4, 0.5) is 14.9 Å². The van der Waals surface area contributed by atoms with Crippen molar-refractivity contribution in [2.75, 3.05) is 5.32 Å². The third kappa shape index (κ3) is 7.08. The summed E-state index contributed by atoms with van der Waals surface area (Å²) >= 11 is 3.11. The van der Waals surface area contributed by atoms with E-state index in [-0.39, 0.29) is 11.6 Å². The third-order valence-corrected chi connectivity index (χ3v) is 3.73. The van der Waals surface area contributed by atoms with E-state index in [1.807, 2.05) is 13.8 Å². The maximum absolute atomic E-state index is 13.8. The Morgan fingerprint density at radius 2 is 1.84 bits per heavy atom. The highest BCUT2D eigenvalue weighted by atomic mass is 79.9. The predicted molar refractivity (Wildman–Crippen MR) is 94.7 cm³/mol. The first-order chi connectivity index (χ1) is 11.6. The number of carbonyl (C=O) groups excluding carboxylic acids is 2. The molecule has 1 aromatic rings. The van der Waals surface area contributed by atoms with E-state index in [9.17, 15) is 18.8 Å². The van der Waals surface area contributed by atoms with Crippen LogP contribution in [0, 0.1) is 11.7 Å². The van der Waals surface area contributed by atoms with Crippen LogP contribution < -0.4 is 16.0 Å². The van der Waals surface area contributed by atoms with E-state index in [0.717, 1.165) is 0 Å². The van der Waals surface area contributed by atoms with Crippen molar-refractivity contribution in [3.05, 3.63) is 28.5 Å². The molecule has 2 atom stereocenters. The Kier molecular flexibility index (Phi) is 7.82. The lowest BCUT2D eigenvalue weighted by atomic mass is 10.0. The molecule has 0 aromatic heterocycles. The van der Waals surface area contributed by atoms with Crippen molar-refractivity contribution in [2.45, 2.75) is 39.3 Å². The number of rotatable bonds is 7. The predicted octanol–water partition coefficient (Wildman–Crippen LogP) is 2.71. The van der Waals surface area contributed by atoms with Crippen molar-refractivity contribution in [3.63, 3.8) is 0 Å². The maximum atomic E-state index is 13.8. The summed E-state index contributed by atoms with van der Waals surface area (Å²) in [6, 6.07) is 1.35. The van der Waals surface area contributed by atoms with Gasteiger partial charge in [-0.25, -0.2) is 9.18 Å². The number of hydrogen-bond acceptors (Lipinski definition) is 3. The Morgan fingerprint density at radius 1 is 1.20 bits per heavy atom. The minimum Gasteiger partial charge on any atom is -0.480 e. The number of aliphatic carboxylic acids is 1. The van der Waals surface area contributed by atoms with Crippen LogP contribution in [-0.2, 0) is 9.59 Å². The van der Waals surface area contributed by atoms with Crippen molar-refractivity contribution >= 4 is 39.5 Å². The van der Waals surface area contributed by atoms with Gasteiger partial charge in [0.25, 0.3) is 0 Å². The second-order valence-corrected chi connectivity index (χ2v) is 6.89. The van der Waals surface area contributed by atoms with Gasteiger partial charge in [0.05, 0.1) is 5.69 Å². The lowest BCUT2D eigenvalue weighted by molar-refractivity contribution is -0.141. The molecular formula is C16H21BrFN3O4. The average Bonchev–Trinajstić information content (AvgIpc) is 2.48. The summed E-state index contributed by atoms with van der Waals surface area (Å²) in [4.78, 5) is 35.1. The fraction of sp³-hybridized carbons (Fsp3) is 0.438. The fourth-order valence-electron chi connectivity index (χ4n) is 1.99. The SMILES string of the molecule is CC(C)CC(NC(=O)Nc1ccc(Br)cc1F)C(=O)NC(C)C(=O)O. The Hall–Kier alpha value is -2.16. The molecule has 0 aliphatic heterocycles. The zero-order valence-electron chi connectivity index (χ0n) is 14.1. The van der Waals surface area contributed by atoms with Crippen LogP contribution in [-0.4, -0.2) is 35.1 Å². The van der Waals surface area contributed by atoms with E-state index in [1.165, 1.54) is 19.1 Å². The summed E-state index contributed by atoms with van der Waals surface area (Å²) in [6.45, 7) is 5.04. The van der Waals surface area contributed by atoms with Crippen molar-refractivity contribution < 1.29 is 23.9 Å². The number of carbonyl (C=O) groups is 3. The molecule has 4 N–H and O–H groups in total. The van der Waals surface area contributed by atoms with E-state index >= 15 is 0 Å². The molecule has 0 fully saturated rings. The van der Waals surface area contributed by atoms with Gasteiger partial charge in [-0.15, -0.1) is 0 Å². The molecule has 25 heavy (non-hydrogen) atoms. The van der Waals surface area contributed by atoms with Gasteiger partial charge in [0, 0.05) is 4.47 Å². The van der Waals surface area contributed by atoms with E-state index < -0.39 is 35.8 Å². The maximum Gasteiger partial charge on any atom is 0.325 e. The highest BCUT2D eigenvalue weighted by molar-refractivity contribution is 9.10. The topological polar surface area (TPSA) is 108 Å². The normalized spacial score (nSPS) is 13.0. The van der Waals surface area contributed by atoms with Crippen LogP contribution in [0.2, 0.25) is 0 Å². The van der Waals surface area contributed by atoms with E-state index in [0.29, 0.717) is 10.9 Å². The van der Waals surface area contributed by atoms with E-state index in [1.54, 1.807) is 6.07 Å². The highest BCUT2D eigenvalue weighted by Crippen LogP contribution is 2.19. The number of amides is 3. The summed E-state index contributed by atoms with van der Waals surface area (Å²) in [5.41, 5.74) is -0.0386. The molecule has 0 saturated carbocycles. The van der Waals surface area contributed by atoms with Gasteiger partial charge in [0.15, 0.2) is 0 Å². The second-order valence-electron chi connectivity index (χ2n) is 5.97. The summed E-state index contributed by atoms with van der Waals surface area (Å²) in [6.07, 6.45) is 0.300. The summed E-state index contributed by atoms with van der Waals surface area (Å²) < 4.78 is 14.3. The number of nitrogens with one attached hydrogen (secondary N) is 3. The van der Waals surface area contributed by atoms with Gasteiger partial charge in [0.1, 0.15) is 17.9 Å². The zero-order chi connectivity index (χ0) is 19.1. The van der Waals surface area contributed by atoms with Gasteiger partial charge in [-0.2, -0.15) is 0 Å². The molecule has 0 aliphatic rings. The zero-order valence-corrected chi connectivity index (χ0v) is 15.7. The standard InChI is InChI=1S/C16H21BrFN3O4/c1-8(2)6-13(14(22)19-9(3)15(23)24)21-16(25)20-12-5-4-10(17)7-11(12)18/h4-5,7-9,13H,6H2,1-3H3,(H,19,22)(H,23,24)(H2,20,21,25). The van der Waals surface area contributed by atoms with Crippen LogP contribution in [0.25, 0.3) is 0 Å². The van der Waals surface area contributed by atoms with Gasteiger partial charge in [-0.1, -0.05) is 29.8 Å². The first kappa shape index (κ1) is 20.9. The average molecular weight is 418 g/mol. The van der Waals surface area contributed by atoms with E-state index in [4.69, 9.17) is 5.11 Å². The molecule has 9 heteroatoms. The monoisotopic (exact) mass is 417 g/mol. The van der Waals surface area contributed by atoms with Gasteiger partial charge < -0.3 is 21.1 Å². The molecule has 0 heterocycles. The Morgan fingerprint density at radius 3 is 2.36 bits per heavy atom. The number of carboxylic acids is 1. The van der Waals surface area contributed by atoms with Crippen molar-refractivity contribution in [1.29, 1.82) is 0 Å². The van der Waals surface area contributed by atoms with Crippen molar-refractivity contribution in [3.8, 4) is 0 Å². The molecule has 1 rings (SSSR count). The molecular weight excluding hydrogens is 397 g/mol. The Bertz CT molecular complexity index is 654. The molecule has 0 aliphatic carbocycles. The Labute approximate surface area is 153 Å². The number of benzene rings is 1. The number of hydrogen-bond donors (Lipinski definition) is 4. The third-order valence-electron chi connectivity index (χ3n) is 3.24. The van der Waals surface area contributed by atoms with Gasteiger partial charge >= 0.3 is 12.0 Å². The van der Waals surface area contributed by atoms with Crippen LogP contribution >= 0.6 is 15.9 Å². The summed E-state index contributed by atoms with van der Waals surface area (Å²) in [5.74, 6) is -2.36. The van der Waals surface area contributed by atoms with Gasteiger partial charge in [-0.05, 0) is 37.5 Å². The summed E-state index contributed by atoms with van der Waals surface area (Å²) in [5, 5.41) is 16.0. The lowest BCUT2D eigenvalue weighted by Gasteiger charge is -2.21. The first-order valence-electron chi connectivity index (χ1n) is 7.66. The van der Waals surface area contributed by atoms with Crippen LogP contribution in [0.15, 0.2) is 22.7 Å². The molecule has 0 radical (unpaired) electrons. The fourth-order valence-corrected chi connectivity index (χ4v) is 2.32. The quantitative estimate of drug-likeness (QED) is 0.546. The minimum absolute atomic E-state index is 0.0386. The highest BCUT2D eigenvalue weighted by Gasteiger charge is 2.25. The molecule has 1 aromatic carbocycles. The van der Waals surface area contributed by atoms with Crippen LogP contribution in [0.3, 0.4) is 0 Å². The lowest BCUT2D eigenvalue weighted by Crippen LogP contribution is -2.52. The smallest absolute Gasteiger partial charge is 0.325 e. The van der Waals surface area contributed by atoms with E-state index in [2.05, 4.69) is 31.9 Å². The number of carboxylic acid groups (broad SMARTS) is 1. The molecule has 138 valence electrons. The summed E-state index contributed by atoms with van der Waals surface area (Å²) in [7, 11) is 0. The van der Waals surface area contributed by atoms with Crippen LogP contribution in [0.1, 0.15) is 27.2 Å². The van der Waals surface area contributed by atoms with Crippen LogP contribution in [0.5, 0.6) is 0 Å².